The molecule has 27 rings (SSSR count). The lowest BCUT2D eigenvalue weighted by atomic mass is 9.89. The van der Waals surface area contributed by atoms with Gasteiger partial charge >= 0.3 is 0 Å². The Labute approximate surface area is 756 Å². The van der Waals surface area contributed by atoms with E-state index in [9.17, 15) is 0 Å². The minimum atomic E-state index is 1.06. The van der Waals surface area contributed by atoms with Gasteiger partial charge in [-0.25, -0.2) is 15.0 Å². The van der Waals surface area contributed by atoms with Crippen LogP contribution < -0.4 is 0 Å². The van der Waals surface area contributed by atoms with E-state index < -0.39 is 0 Å². The maximum atomic E-state index is 5.02. The SMILES string of the molecule is c1ccc(-c2nc3ccc4ccc5cc(-c6cccc(-c7cc8ccccc8c8c7ccc7ccccc78)c6)ccc5c4c3s2)cc1.c1ccc(-c2nc3ccc4ccc5cc(-c6cccc(-c7cc8ccccc8c8ccccc78)c6)ccc5c4c3s2)cc1.c1ccc(-c2nc3ccc4ccc5cc(-c6cccc(-c7cccc8ccccc78)c6)ccc5c4c3s2)cc1. The fourth-order valence-corrected chi connectivity index (χ4v) is 23.1. The minimum Gasteiger partial charge on any atom is -0.236 e. The van der Waals surface area contributed by atoms with E-state index in [2.05, 4.69) is 455 Å². The van der Waals surface area contributed by atoms with Crippen molar-refractivity contribution in [2.24, 2.45) is 0 Å². The molecule has 0 saturated heterocycles. The first kappa shape index (κ1) is 75.6. The van der Waals surface area contributed by atoms with E-state index in [-0.39, 0.29) is 0 Å². The van der Waals surface area contributed by atoms with Crippen LogP contribution in [0.15, 0.2) is 455 Å². The standard InChI is InChI=1S/C45H27NS.C41H25NS.C37H23NS/c1-2-10-30(11-3-1)45-46-41-24-21-29-17-18-35-26-32(20-22-38(35)42(29)44(41)47-45)31-13-8-14-33(25-31)40-27-34-12-5-7-16-37(34)43-36-15-6-4-9-28(36)19-23-39(40)43;1-2-9-27(10-3-1)41-42-38-22-20-26-17-18-32-24-29(19-21-34(32)39(26)40(38)43-41)28-12-8-13-30(23-28)37-25-31-11-4-5-14-33(31)35-15-6-7-16-36(35)37;1-2-9-26(10-3-1)37-38-34-21-19-25-16-17-30-23-28(18-20-33(30)35(25)36(34)39-37)27-12-6-13-29(22-27)32-15-7-11-24-8-4-5-14-31(24)32/h1-27H;1-25H;1-23H. The Morgan fingerprint density at radius 3 is 0.853 bits per heavy atom. The van der Waals surface area contributed by atoms with Gasteiger partial charge in [0.25, 0.3) is 0 Å². The van der Waals surface area contributed by atoms with Crippen molar-refractivity contribution in [2.75, 3.05) is 0 Å². The molecule has 24 aromatic carbocycles. The molecule has 3 heterocycles. The molecular formula is C123H75N3S3. The van der Waals surface area contributed by atoms with Crippen molar-refractivity contribution in [3.63, 3.8) is 0 Å². The Balaban J connectivity index is 0.000000105. The van der Waals surface area contributed by atoms with Crippen LogP contribution in [0.2, 0.25) is 0 Å². The molecule has 0 fully saturated rings. The molecule has 0 N–H and O–H groups in total. The van der Waals surface area contributed by atoms with Crippen LogP contribution in [-0.2, 0) is 0 Å². The highest BCUT2D eigenvalue weighted by Crippen LogP contribution is 2.47. The van der Waals surface area contributed by atoms with Crippen LogP contribution in [-0.4, -0.2) is 15.0 Å². The average Bonchev–Trinajstić information content (AvgIpc) is 1.73. The smallest absolute Gasteiger partial charge is 0.124 e. The largest absolute Gasteiger partial charge is 0.236 e. The Morgan fingerprint density at radius 1 is 0.132 bits per heavy atom. The molecule has 0 atom stereocenters. The number of rotatable bonds is 9. The third-order valence-corrected chi connectivity index (χ3v) is 29.4. The number of hydrogen-bond donors (Lipinski definition) is 0. The molecule has 600 valence electrons. The number of benzene rings is 24. The maximum Gasteiger partial charge on any atom is 0.124 e. The van der Waals surface area contributed by atoms with E-state index in [1.807, 2.05) is 0 Å². The van der Waals surface area contributed by atoms with Crippen molar-refractivity contribution in [1.82, 2.24) is 15.0 Å². The Hall–Kier alpha value is -15.9. The summed E-state index contributed by atoms with van der Waals surface area (Å²) in [4.78, 5) is 15.0. The normalized spacial score (nSPS) is 11.7. The van der Waals surface area contributed by atoms with Gasteiger partial charge in [-0.1, -0.05) is 388 Å². The van der Waals surface area contributed by atoms with Gasteiger partial charge < -0.3 is 0 Å². The molecule has 129 heavy (non-hydrogen) atoms. The zero-order valence-electron chi connectivity index (χ0n) is 69.9. The van der Waals surface area contributed by atoms with Gasteiger partial charge in [0.1, 0.15) is 15.0 Å². The second kappa shape index (κ2) is 31.6. The maximum absolute atomic E-state index is 5.02. The molecule has 3 aromatic heterocycles. The molecule has 6 heteroatoms. The Kier molecular flexibility index (Phi) is 18.5. The lowest BCUT2D eigenvalue weighted by molar-refractivity contribution is 1.48. The molecule has 0 radical (unpaired) electrons. The Bertz CT molecular complexity index is 9190. The van der Waals surface area contributed by atoms with Crippen molar-refractivity contribution in [3.8, 4) is 98.5 Å². The second-order valence-electron chi connectivity index (χ2n) is 33.5. The first-order chi connectivity index (χ1) is 63.9. The number of hydrogen-bond acceptors (Lipinski definition) is 6. The van der Waals surface area contributed by atoms with Crippen LogP contribution >= 0.6 is 34.0 Å². The highest BCUT2D eigenvalue weighted by atomic mass is 32.1. The monoisotopic (exact) mass is 1690 g/mol. The third kappa shape index (κ3) is 13.5. The third-order valence-electron chi connectivity index (χ3n) is 25.9. The van der Waals surface area contributed by atoms with Crippen LogP contribution in [0.4, 0.5) is 0 Å². The lowest BCUT2D eigenvalue weighted by Gasteiger charge is -2.14. The molecule has 0 aliphatic carbocycles. The van der Waals surface area contributed by atoms with Gasteiger partial charge in [-0.2, -0.15) is 0 Å². The van der Waals surface area contributed by atoms with Gasteiger partial charge in [-0.3, -0.25) is 0 Å². The van der Waals surface area contributed by atoms with Crippen LogP contribution in [0.5, 0.6) is 0 Å². The van der Waals surface area contributed by atoms with Gasteiger partial charge in [-0.15, -0.1) is 34.0 Å². The van der Waals surface area contributed by atoms with Crippen LogP contribution in [0.25, 0.3) is 258 Å². The molecule has 0 saturated carbocycles. The summed E-state index contributed by atoms with van der Waals surface area (Å²) in [5.74, 6) is 0. The van der Waals surface area contributed by atoms with Gasteiger partial charge in [0.15, 0.2) is 0 Å². The predicted octanol–water partition coefficient (Wildman–Crippen LogP) is 35.7. The van der Waals surface area contributed by atoms with E-state index in [4.69, 9.17) is 15.0 Å². The second-order valence-corrected chi connectivity index (χ2v) is 36.5. The topological polar surface area (TPSA) is 38.7 Å². The summed E-state index contributed by atoms with van der Waals surface area (Å²) in [5.41, 5.74) is 21.5. The summed E-state index contributed by atoms with van der Waals surface area (Å²) in [6.07, 6.45) is 0. The fraction of sp³-hybridized carbons (Fsp3) is 0. The first-order valence-electron chi connectivity index (χ1n) is 43.9. The molecule has 0 unspecified atom stereocenters. The predicted molar refractivity (Wildman–Crippen MR) is 558 cm³/mol. The van der Waals surface area contributed by atoms with Gasteiger partial charge in [0.2, 0.25) is 0 Å². The van der Waals surface area contributed by atoms with Crippen LogP contribution in [0.3, 0.4) is 0 Å². The van der Waals surface area contributed by atoms with E-state index in [0.717, 1.165) is 37.1 Å². The minimum absolute atomic E-state index is 1.06. The number of fused-ring (bicyclic) bond motifs is 24. The summed E-state index contributed by atoms with van der Waals surface area (Å²) in [5, 5.41) is 33.8. The van der Waals surface area contributed by atoms with Gasteiger partial charge in [0.05, 0.1) is 30.6 Å². The summed E-state index contributed by atoms with van der Waals surface area (Å²) >= 11 is 5.36. The highest BCUT2D eigenvalue weighted by molar-refractivity contribution is 7.23. The van der Waals surface area contributed by atoms with E-state index in [1.165, 1.54) is 221 Å². The quantitative estimate of drug-likeness (QED) is 0.135. The molecule has 0 bridgehead atoms. The molecular weight excluding hydrogens is 1620 g/mol. The molecule has 0 aliphatic rings. The molecule has 0 spiro atoms. The van der Waals surface area contributed by atoms with Crippen molar-refractivity contribution >= 4 is 194 Å². The van der Waals surface area contributed by atoms with Crippen molar-refractivity contribution in [1.29, 1.82) is 0 Å². The first-order valence-corrected chi connectivity index (χ1v) is 46.3. The highest BCUT2D eigenvalue weighted by Gasteiger charge is 2.21. The zero-order valence-corrected chi connectivity index (χ0v) is 72.3. The van der Waals surface area contributed by atoms with E-state index in [0.29, 0.717) is 0 Å². The van der Waals surface area contributed by atoms with Gasteiger partial charge in [-0.05, 0) is 247 Å². The van der Waals surface area contributed by atoms with Crippen molar-refractivity contribution in [3.05, 3.63) is 455 Å². The zero-order chi connectivity index (χ0) is 85.0. The lowest BCUT2D eigenvalue weighted by Crippen LogP contribution is -1.88. The number of aromatic nitrogens is 3. The van der Waals surface area contributed by atoms with Gasteiger partial charge in [0, 0.05) is 32.8 Å². The van der Waals surface area contributed by atoms with E-state index >= 15 is 0 Å². The summed E-state index contributed by atoms with van der Waals surface area (Å²) in [7, 11) is 0. The summed E-state index contributed by atoms with van der Waals surface area (Å²) in [6, 6.07) is 165. The molecule has 0 amide bonds. The molecule has 0 aliphatic heterocycles. The average molecular weight is 1690 g/mol. The van der Waals surface area contributed by atoms with E-state index in [1.54, 1.807) is 34.0 Å². The van der Waals surface area contributed by atoms with Crippen LogP contribution in [0.1, 0.15) is 0 Å². The summed E-state index contributed by atoms with van der Waals surface area (Å²) < 4.78 is 3.75. The number of thiazole rings is 3. The summed E-state index contributed by atoms with van der Waals surface area (Å²) in [6.45, 7) is 0. The molecule has 27 aromatic rings. The number of nitrogens with zero attached hydrogens (tertiary/aromatic N) is 3. The van der Waals surface area contributed by atoms with Crippen molar-refractivity contribution < 1.29 is 0 Å². The van der Waals surface area contributed by atoms with Crippen LogP contribution in [0, 0.1) is 0 Å². The fourth-order valence-electron chi connectivity index (χ4n) is 19.7. The molecule has 3 nitrogen and oxygen atoms in total. The Morgan fingerprint density at radius 2 is 0.403 bits per heavy atom. The van der Waals surface area contributed by atoms with Crippen molar-refractivity contribution in [2.45, 2.75) is 0 Å².